The van der Waals surface area contributed by atoms with E-state index in [4.69, 9.17) is 14.2 Å². The number of amides is 1. The molecule has 1 aromatic carbocycles. The van der Waals surface area contributed by atoms with Crippen LogP contribution in [0.4, 0.5) is 4.79 Å². The second kappa shape index (κ2) is 12.1. The summed E-state index contributed by atoms with van der Waals surface area (Å²) in [5, 5.41) is 9.21. The van der Waals surface area contributed by atoms with Crippen molar-refractivity contribution in [3.05, 3.63) is 23.8 Å². The highest BCUT2D eigenvalue weighted by atomic mass is 16.6. The van der Waals surface area contributed by atoms with Crippen molar-refractivity contribution in [2.75, 3.05) is 55.0 Å². The zero-order valence-electron chi connectivity index (χ0n) is 19.5. The Morgan fingerprint density at radius 3 is 2.23 bits per heavy atom. The molecular formula is C21H37N5O4. The number of rotatable bonds is 9. The van der Waals surface area contributed by atoms with Crippen molar-refractivity contribution in [1.82, 2.24) is 20.9 Å². The first kappa shape index (κ1) is 25.4. The molecule has 1 unspecified atom stereocenters. The van der Waals surface area contributed by atoms with Crippen LogP contribution in [0.5, 0.6) is 11.5 Å². The number of aliphatic imine (C=N–C) groups is 1. The van der Waals surface area contributed by atoms with Crippen LogP contribution < -0.4 is 25.4 Å². The zero-order chi connectivity index (χ0) is 22.7. The highest BCUT2D eigenvalue weighted by Crippen LogP contribution is 2.31. The van der Waals surface area contributed by atoms with E-state index in [9.17, 15) is 4.79 Å². The van der Waals surface area contributed by atoms with E-state index in [1.54, 1.807) is 21.3 Å². The number of carbonyl (C=O) groups is 1. The lowest BCUT2D eigenvalue weighted by Crippen LogP contribution is -2.44. The third-order valence-corrected chi connectivity index (χ3v) is 4.19. The van der Waals surface area contributed by atoms with E-state index < -0.39 is 11.7 Å². The third-order valence-electron chi connectivity index (χ3n) is 4.19. The summed E-state index contributed by atoms with van der Waals surface area (Å²) in [6, 6.07) is 5.99. The maximum absolute atomic E-state index is 11.7. The highest BCUT2D eigenvalue weighted by molar-refractivity contribution is 5.79. The largest absolute Gasteiger partial charge is 0.493 e. The van der Waals surface area contributed by atoms with Crippen molar-refractivity contribution in [3.8, 4) is 11.5 Å². The molecule has 0 fully saturated rings. The Bertz CT molecular complexity index is 701. The van der Waals surface area contributed by atoms with Crippen molar-refractivity contribution in [2.24, 2.45) is 4.99 Å². The molecule has 0 radical (unpaired) electrons. The molecule has 1 aromatic rings. The number of benzene rings is 1. The Morgan fingerprint density at radius 1 is 1.07 bits per heavy atom. The number of nitrogens with one attached hydrogen (secondary N) is 3. The van der Waals surface area contributed by atoms with Crippen LogP contribution in [-0.2, 0) is 4.74 Å². The fourth-order valence-corrected chi connectivity index (χ4v) is 2.73. The quantitative estimate of drug-likeness (QED) is 0.318. The highest BCUT2D eigenvalue weighted by Gasteiger charge is 2.18. The SMILES string of the molecule is CN=C(NCCNC(=O)OC(C)(C)C)NCC(c1ccc(OC)c(OC)c1)N(C)C. The van der Waals surface area contributed by atoms with Gasteiger partial charge in [-0.05, 0) is 52.6 Å². The summed E-state index contributed by atoms with van der Waals surface area (Å²) in [7, 11) is 8.99. The van der Waals surface area contributed by atoms with E-state index in [1.807, 2.05) is 53.1 Å². The second-order valence-electron chi connectivity index (χ2n) is 7.90. The van der Waals surface area contributed by atoms with E-state index in [1.165, 1.54) is 0 Å². The maximum Gasteiger partial charge on any atom is 0.407 e. The second-order valence-corrected chi connectivity index (χ2v) is 7.90. The van der Waals surface area contributed by atoms with Crippen molar-refractivity contribution < 1.29 is 19.0 Å². The Hall–Kier alpha value is -2.68. The summed E-state index contributed by atoms with van der Waals surface area (Å²) >= 11 is 0. The predicted molar refractivity (Wildman–Crippen MR) is 120 cm³/mol. The van der Waals surface area contributed by atoms with Gasteiger partial charge in [0.2, 0.25) is 0 Å². The van der Waals surface area contributed by atoms with Crippen LogP contribution in [0, 0.1) is 0 Å². The van der Waals surface area contributed by atoms with Gasteiger partial charge in [-0.25, -0.2) is 4.79 Å². The molecular weight excluding hydrogens is 386 g/mol. The summed E-state index contributed by atoms with van der Waals surface area (Å²) in [5.41, 5.74) is 0.577. The lowest BCUT2D eigenvalue weighted by Gasteiger charge is -2.26. The molecule has 0 saturated heterocycles. The van der Waals surface area contributed by atoms with Gasteiger partial charge in [0.05, 0.1) is 20.3 Å². The molecule has 9 heteroatoms. The zero-order valence-corrected chi connectivity index (χ0v) is 19.5. The van der Waals surface area contributed by atoms with E-state index in [2.05, 4.69) is 25.8 Å². The number of carbonyl (C=O) groups excluding carboxylic acids is 1. The topological polar surface area (TPSA) is 96.5 Å². The summed E-state index contributed by atoms with van der Waals surface area (Å²) in [6.45, 7) is 7.05. The Kier molecular flexibility index (Phi) is 10.2. The van der Waals surface area contributed by atoms with Gasteiger partial charge in [-0.1, -0.05) is 6.07 Å². The molecule has 0 heterocycles. The van der Waals surface area contributed by atoms with Crippen molar-refractivity contribution in [3.63, 3.8) is 0 Å². The molecule has 30 heavy (non-hydrogen) atoms. The number of likely N-dealkylation sites (N-methyl/N-ethyl adjacent to an activating group) is 1. The van der Waals surface area contributed by atoms with Crippen LogP contribution in [0.1, 0.15) is 32.4 Å². The molecule has 170 valence electrons. The van der Waals surface area contributed by atoms with E-state index in [-0.39, 0.29) is 6.04 Å². The number of methoxy groups -OCH3 is 2. The van der Waals surface area contributed by atoms with Crippen LogP contribution in [0.15, 0.2) is 23.2 Å². The minimum atomic E-state index is -0.513. The monoisotopic (exact) mass is 423 g/mol. The van der Waals surface area contributed by atoms with Gasteiger partial charge in [0, 0.05) is 26.7 Å². The number of hydrogen-bond acceptors (Lipinski definition) is 6. The molecule has 1 amide bonds. The molecule has 0 aliphatic rings. The molecule has 1 atom stereocenters. The number of alkyl carbamates (subject to hydrolysis) is 1. The molecule has 0 saturated carbocycles. The maximum atomic E-state index is 11.7. The van der Waals surface area contributed by atoms with E-state index >= 15 is 0 Å². The predicted octanol–water partition coefficient (Wildman–Crippen LogP) is 2.00. The van der Waals surface area contributed by atoms with Crippen molar-refractivity contribution >= 4 is 12.1 Å². The average molecular weight is 424 g/mol. The lowest BCUT2D eigenvalue weighted by molar-refractivity contribution is 0.0529. The molecule has 9 nitrogen and oxygen atoms in total. The molecule has 0 spiro atoms. The fraction of sp³-hybridized carbons (Fsp3) is 0.619. The Balaban J connectivity index is 2.59. The van der Waals surface area contributed by atoms with Crippen LogP contribution in [-0.4, -0.2) is 77.6 Å². The van der Waals surface area contributed by atoms with Gasteiger partial charge in [-0.3, -0.25) is 4.99 Å². The average Bonchev–Trinajstić information content (AvgIpc) is 2.67. The number of nitrogens with zero attached hydrogens (tertiary/aromatic N) is 2. The number of ether oxygens (including phenoxy) is 3. The molecule has 0 aliphatic carbocycles. The standard InChI is InChI=1S/C21H37N5O4/c1-21(2,3)30-20(27)24-12-11-23-19(22-4)25-14-16(26(5)6)15-9-10-17(28-7)18(13-15)29-8/h9-10,13,16H,11-12,14H2,1-8H3,(H,24,27)(H2,22,23,25). The summed E-state index contributed by atoms with van der Waals surface area (Å²) < 4.78 is 16.0. The van der Waals surface area contributed by atoms with Gasteiger partial charge < -0.3 is 35.1 Å². The Morgan fingerprint density at radius 2 is 1.70 bits per heavy atom. The first-order valence-electron chi connectivity index (χ1n) is 9.91. The normalized spacial score (nSPS) is 12.9. The molecule has 1 rings (SSSR count). The van der Waals surface area contributed by atoms with E-state index in [0.29, 0.717) is 37.1 Å². The van der Waals surface area contributed by atoms with Gasteiger partial charge in [0.25, 0.3) is 0 Å². The van der Waals surface area contributed by atoms with Crippen LogP contribution in [0.25, 0.3) is 0 Å². The molecule has 0 aliphatic heterocycles. The minimum Gasteiger partial charge on any atom is -0.493 e. The summed E-state index contributed by atoms with van der Waals surface area (Å²) in [5.74, 6) is 2.03. The molecule has 0 aromatic heterocycles. The van der Waals surface area contributed by atoms with Crippen LogP contribution in [0.3, 0.4) is 0 Å². The number of guanidine groups is 1. The van der Waals surface area contributed by atoms with Crippen LogP contribution in [0.2, 0.25) is 0 Å². The first-order chi connectivity index (χ1) is 14.1. The Labute approximate surface area is 180 Å². The number of hydrogen-bond donors (Lipinski definition) is 3. The van der Waals surface area contributed by atoms with Crippen molar-refractivity contribution in [1.29, 1.82) is 0 Å². The van der Waals surface area contributed by atoms with Gasteiger partial charge >= 0.3 is 6.09 Å². The molecule has 0 bridgehead atoms. The van der Waals surface area contributed by atoms with Gasteiger partial charge in [-0.15, -0.1) is 0 Å². The third kappa shape index (κ3) is 8.77. The summed E-state index contributed by atoms with van der Waals surface area (Å²) in [4.78, 5) is 18.0. The van der Waals surface area contributed by atoms with Crippen molar-refractivity contribution in [2.45, 2.75) is 32.4 Å². The minimum absolute atomic E-state index is 0.0863. The molecule has 3 N–H and O–H groups in total. The summed E-state index contributed by atoms with van der Waals surface area (Å²) in [6.07, 6.45) is -0.437. The van der Waals surface area contributed by atoms with Gasteiger partial charge in [-0.2, -0.15) is 0 Å². The first-order valence-corrected chi connectivity index (χ1v) is 9.91. The smallest absolute Gasteiger partial charge is 0.407 e. The van der Waals surface area contributed by atoms with Gasteiger partial charge in [0.1, 0.15) is 5.60 Å². The van der Waals surface area contributed by atoms with E-state index in [0.717, 1.165) is 5.56 Å². The fourth-order valence-electron chi connectivity index (χ4n) is 2.73. The van der Waals surface area contributed by atoms with Crippen LogP contribution >= 0.6 is 0 Å². The lowest BCUT2D eigenvalue weighted by atomic mass is 10.1. The van der Waals surface area contributed by atoms with Gasteiger partial charge in [0.15, 0.2) is 17.5 Å².